The largest absolute Gasteiger partial charge is 0.489 e. The van der Waals surface area contributed by atoms with Crippen LogP contribution in [0.2, 0.25) is 0 Å². The van der Waals surface area contributed by atoms with Gasteiger partial charge in [0.1, 0.15) is 12.7 Å². The number of carbonyl (C=O) groups is 1. The van der Waals surface area contributed by atoms with Crippen molar-refractivity contribution in [1.82, 2.24) is 10.2 Å². The van der Waals surface area contributed by atoms with Crippen molar-refractivity contribution in [2.75, 3.05) is 64.6 Å². The van der Waals surface area contributed by atoms with Crippen LogP contribution in [0.4, 0.5) is 14.9 Å². The normalized spacial score (nSPS) is 20.0. The molecule has 2 fully saturated rings. The molecule has 1 N–H and O–H groups in total. The van der Waals surface area contributed by atoms with Gasteiger partial charge in [0.2, 0.25) is 0 Å². The van der Waals surface area contributed by atoms with Crippen LogP contribution in [-0.4, -0.2) is 81.9 Å². The number of benzene rings is 1. The fourth-order valence-corrected chi connectivity index (χ4v) is 3.08. The van der Waals surface area contributed by atoms with Gasteiger partial charge in [-0.05, 0) is 24.4 Å². The Kier molecular flexibility index (Phi) is 7.24. The second-order valence-electron chi connectivity index (χ2n) is 6.41. The number of hydrogen-bond acceptors (Lipinski definition) is 7. The molecule has 2 heterocycles. The highest BCUT2D eigenvalue weighted by Gasteiger charge is 2.32. The van der Waals surface area contributed by atoms with E-state index in [0.29, 0.717) is 38.6 Å². The van der Waals surface area contributed by atoms with Gasteiger partial charge in [0, 0.05) is 25.7 Å². The lowest BCUT2D eigenvalue weighted by molar-refractivity contribution is 0.0320. The minimum atomic E-state index is -0.532. The summed E-state index contributed by atoms with van der Waals surface area (Å²) in [7, 11) is 1.45. The summed E-state index contributed by atoms with van der Waals surface area (Å²) < 4.78 is 35.4. The molecule has 0 bridgehead atoms. The van der Waals surface area contributed by atoms with Gasteiger partial charge in [0.25, 0.3) is 5.17 Å². The van der Waals surface area contributed by atoms with Crippen LogP contribution < -0.4 is 15.0 Å². The second kappa shape index (κ2) is 9.85. The van der Waals surface area contributed by atoms with E-state index in [4.69, 9.17) is 31.2 Å². The van der Waals surface area contributed by atoms with Crippen molar-refractivity contribution < 1.29 is 28.1 Å². The van der Waals surface area contributed by atoms with Crippen molar-refractivity contribution >= 4 is 29.2 Å². The molecule has 1 aromatic carbocycles. The smallest absolute Gasteiger partial charge is 0.414 e. The van der Waals surface area contributed by atoms with Gasteiger partial charge in [-0.15, -0.1) is 0 Å². The van der Waals surface area contributed by atoms with Gasteiger partial charge in [-0.2, -0.15) is 0 Å². The first-order valence-corrected chi connectivity index (χ1v) is 9.50. The Morgan fingerprint density at radius 2 is 2.18 bits per heavy atom. The number of anilines is 1. The first-order valence-electron chi connectivity index (χ1n) is 9.09. The van der Waals surface area contributed by atoms with Crippen LogP contribution in [-0.2, 0) is 14.2 Å². The van der Waals surface area contributed by atoms with Crippen LogP contribution in [0.25, 0.3) is 0 Å². The molecule has 2 saturated heterocycles. The van der Waals surface area contributed by atoms with Crippen molar-refractivity contribution in [3.63, 3.8) is 0 Å². The summed E-state index contributed by atoms with van der Waals surface area (Å²) in [4.78, 5) is 15.7. The van der Waals surface area contributed by atoms with E-state index in [-0.39, 0.29) is 17.5 Å². The molecular formula is C18H24FN3O5S. The fourth-order valence-electron chi connectivity index (χ4n) is 2.99. The number of amides is 1. The topological polar surface area (TPSA) is 72.5 Å². The maximum absolute atomic E-state index is 14.4. The molecule has 1 atom stereocenters. The van der Waals surface area contributed by atoms with E-state index in [2.05, 4.69) is 10.2 Å². The molecule has 0 spiro atoms. The highest BCUT2D eigenvalue weighted by Crippen LogP contribution is 2.27. The van der Waals surface area contributed by atoms with Crippen LogP contribution in [0, 0.1) is 5.82 Å². The van der Waals surface area contributed by atoms with E-state index in [1.165, 1.54) is 24.1 Å². The minimum Gasteiger partial charge on any atom is -0.489 e. The number of carbonyl (C=O) groups excluding carboxylic acids is 1. The molecule has 0 radical (unpaired) electrons. The highest BCUT2D eigenvalue weighted by atomic mass is 32.1. The number of halogens is 1. The Bertz CT molecular complexity index is 702. The summed E-state index contributed by atoms with van der Waals surface area (Å²) in [5, 5.41) is 3.06. The Morgan fingerprint density at radius 1 is 1.39 bits per heavy atom. The lowest BCUT2D eigenvalue weighted by atomic mass is 10.2. The number of methoxy groups -OCH3 is 1. The first-order chi connectivity index (χ1) is 13.6. The molecule has 2 aliphatic rings. The number of cyclic esters (lactones) is 1. The third-order valence-corrected chi connectivity index (χ3v) is 4.84. The van der Waals surface area contributed by atoms with Crippen molar-refractivity contribution in [2.45, 2.75) is 6.10 Å². The van der Waals surface area contributed by atoms with E-state index in [1.807, 2.05) is 0 Å². The first kappa shape index (κ1) is 20.6. The van der Waals surface area contributed by atoms with E-state index < -0.39 is 18.0 Å². The third kappa shape index (κ3) is 5.43. The van der Waals surface area contributed by atoms with Crippen LogP contribution in [0.1, 0.15) is 0 Å². The maximum Gasteiger partial charge on any atom is 0.414 e. The number of rotatable bonds is 7. The summed E-state index contributed by atoms with van der Waals surface area (Å²) in [5.41, 5.74) is 0.417. The maximum atomic E-state index is 14.4. The van der Waals surface area contributed by atoms with Crippen LogP contribution in [0.15, 0.2) is 18.2 Å². The molecule has 1 aromatic rings. The van der Waals surface area contributed by atoms with Gasteiger partial charge in [-0.3, -0.25) is 9.80 Å². The number of ether oxygens (including phenoxy) is 4. The predicted octanol–water partition coefficient (Wildman–Crippen LogP) is 1.38. The second-order valence-corrected chi connectivity index (χ2v) is 6.78. The average molecular weight is 413 g/mol. The third-order valence-electron chi connectivity index (χ3n) is 4.53. The molecule has 28 heavy (non-hydrogen) atoms. The zero-order valence-corrected chi connectivity index (χ0v) is 16.5. The van der Waals surface area contributed by atoms with Gasteiger partial charge < -0.3 is 24.3 Å². The van der Waals surface area contributed by atoms with Crippen molar-refractivity contribution in [3.8, 4) is 5.75 Å². The summed E-state index contributed by atoms with van der Waals surface area (Å²) in [6.45, 7) is 4.83. The summed E-state index contributed by atoms with van der Waals surface area (Å²) in [6, 6.07) is 4.45. The van der Waals surface area contributed by atoms with E-state index in [1.54, 1.807) is 6.07 Å². The lowest BCUT2D eigenvalue weighted by Crippen LogP contribution is -2.38. The molecule has 2 aliphatic heterocycles. The molecule has 3 rings (SSSR count). The zero-order valence-electron chi connectivity index (χ0n) is 15.7. The standard InChI is InChI=1S/C18H24FN3O5S/c1-24-17(28)20-11-14-12-22(18(23)27-14)13-2-3-16(15(19)10-13)26-9-6-21-4-7-25-8-5-21/h2-3,10,14H,4-9,11-12H2,1H3,(H,20,28)/t14-/m0/s1. The van der Waals surface area contributed by atoms with Gasteiger partial charge in [0.05, 0.1) is 39.1 Å². The molecule has 154 valence electrons. The molecule has 10 heteroatoms. The molecule has 1 amide bonds. The van der Waals surface area contributed by atoms with Crippen molar-refractivity contribution in [1.29, 1.82) is 0 Å². The lowest BCUT2D eigenvalue weighted by Gasteiger charge is -2.26. The summed E-state index contributed by atoms with van der Waals surface area (Å²) in [5.74, 6) is -0.359. The number of thiocarbonyl (C=S) groups is 1. The van der Waals surface area contributed by atoms with E-state index in [0.717, 1.165) is 13.1 Å². The summed E-state index contributed by atoms with van der Waals surface area (Å²) in [6.07, 6.45) is -0.941. The molecule has 8 nitrogen and oxygen atoms in total. The average Bonchev–Trinajstić information content (AvgIpc) is 3.08. The Labute approximate surface area is 168 Å². The molecule has 0 saturated carbocycles. The van der Waals surface area contributed by atoms with Gasteiger partial charge in [0.15, 0.2) is 11.6 Å². The van der Waals surface area contributed by atoms with Crippen molar-refractivity contribution in [2.24, 2.45) is 0 Å². The quantitative estimate of drug-likeness (QED) is 0.673. The Morgan fingerprint density at radius 3 is 2.89 bits per heavy atom. The fraction of sp³-hybridized carbons (Fsp3) is 0.556. The van der Waals surface area contributed by atoms with Gasteiger partial charge in [-0.25, -0.2) is 9.18 Å². The van der Waals surface area contributed by atoms with Crippen molar-refractivity contribution in [3.05, 3.63) is 24.0 Å². The molecule has 0 aliphatic carbocycles. The van der Waals surface area contributed by atoms with Crippen LogP contribution in [0.5, 0.6) is 5.75 Å². The van der Waals surface area contributed by atoms with Crippen LogP contribution in [0.3, 0.4) is 0 Å². The number of morpholine rings is 1. The predicted molar refractivity (Wildman–Crippen MR) is 104 cm³/mol. The summed E-state index contributed by atoms with van der Waals surface area (Å²) >= 11 is 4.89. The van der Waals surface area contributed by atoms with E-state index in [9.17, 15) is 9.18 Å². The molecule has 0 aromatic heterocycles. The Hall–Kier alpha value is -2.17. The zero-order chi connectivity index (χ0) is 19.9. The van der Waals surface area contributed by atoms with Gasteiger partial charge in [-0.1, -0.05) is 0 Å². The van der Waals surface area contributed by atoms with E-state index >= 15 is 0 Å². The van der Waals surface area contributed by atoms with Crippen LogP contribution >= 0.6 is 12.2 Å². The highest BCUT2D eigenvalue weighted by molar-refractivity contribution is 7.80. The van der Waals surface area contributed by atoms with Gasteiger partial charge >= 0.3 is 6.09 Å². The molecular weight excluding hydrogens is 389 g/mol. The minimum absolute atomic E-state index is 0.160. The monoisotopic (exact) mass is 413 g/mol. The number of hydrogen-bond donors (Lipinski definition) is 1. The Balaban J connectivity index is 1.51. The number of nitrogens with one attached hydrogen (secondary N) is 1. The molecule has 0 unspecified atom stereocenters. The number of nitrogens with zero attached hydrogens (tertiary/aromatic N) is 2. The SMILES string of the molecule is COC(=S)NC[C@H]1CN(c2ccc(OCCN3CCOCC3)c(F)c2)C(=O)O1.